The summed E-state index contributed by atoms with van der Waals surface area (Å²) in [6.07, 6.45) is 9.05. The van der Waals surface area contributed by atoms with Gasteiger partial charge >= 0.3 is 5.97 Å². The molecule has 3 rings (SSSR count). The van der Waals surface area contributed by atoms with Crippen molar-refractivity contribution in [3.8, 4) is 5.75 Å². The molecule has 0 unspecified atom stereocenters. The quantitative estimate of drug-likeness (QED) is 0.0825. The topological polar surface area (TPSA) is 85.0 Å². The van der Waals surface area contributed by atoms with E-state index in [4.69, 9.17) is 9.47 Å². The van der Waals surface area contributed by atoms with E-state index in [1.54, 1.807) is 14.0 Å². The fourth-order valence-electron chi connectivity index (χ4n) is 4.01. The number of benzene rings is 3. The van der Waals surface area contributed by atoms with Crippen LogP contribution >= 0.6 is 0 Å². The molecule has 3 aromatic carbocycles. The molecule has 0 aliphatic carbocycles. The predicted octanol–water partition coefficient (Wildman–Crippen LogP) is 9.59. The summed E-state index contributed by atoms with van der Waals surface area (Å²) in [6, 6.07) is 19.5. The van der Waals surface area contributed by atoms with Crippen molar-refractivity contribution in [1.82, 2.24) is 0 Å². The monoisotopic (exact) mass is 514 g/mol. The van der Waals surface area contributed by atoms with E-state index in [2.05, 4.69) is 27.0 Å². The summed E-state index contributed by atoms with van der Waals surface area (Å²) < 4.78 is 11.0. The smallest absolute Gasteiger partial charge is 0.333 e. The molecule has 0 spiro atoms. The lowest BCUT2D eigenvalue weighted by Gasteiger charge is -2.07. The van der Waals surface area contributed by atoms with E-state index in [1.165, 1.54) is 25.7 Å². The molecule has 0 heterocycles. The van der Waals surface area contributed by atoms with Gasteiger partial charge in [-0.2, -0.15) is 15.3 Å². The third-order valence-corrected chi connectivity index (χ3v) is 6.08. The van der Waals surface area contributed by atoms with Crippen molar-refractivity contribution in [2.24, 2.45) is 20.5 Å². The average molecular weight is 515 g/mol. The van der Waals surface area contributed by atoms with Crippen LogP contribution in [0, 0.1) is 0 Å². The van der Waals surface area contributed by atoms with E-state index in [0.29, 0.717) is 18.8 Å². The Morgan fingerprint density at radius 3 is 1.84 bits per heavy atom. The molecule has 7 nitrogen and oxygen atoms in total. The summed E-state index contributed by atoms with van der Waals surface area (Å²) in [5.74, 6) is 0.553. The lowest BCUT2D eigenvalue weighted by atomic mass is 10.1. The van der Waals surface area contributed by atoms with Crippen molar-refractivity contribution in [2.75, 3.05) is 20.3 Å². The van der Waals surface area contributed by atoms with Crippen LogP contribution in [0.2, 0.25) is 0 Å². The van der Waals surface area contributed by atoms with Crippen molar-refractivity contribution < 1.29 is 14.3 Å². The zero-order valence-electron chi connectivity index (χ0n) is 22.6. The summed E-state index contributed by atoms with van der Waals surface area (Å²) in [5, 5.41) is 19.0. The Bertz CT molecular complexity index is 1240. The van der Waals surface area contributed by atoms with E-state index in [-0.39, 0.29) is 5.97 Å². The molecule has 7 heteroatoms. The number of unbranched alkanes of at least 4 members (excludes halogenated alkanes) is 7. The molecule has 0 radical (unpaired) electrons. The van der Waals surface area contributed by atoms with Crippen molar-refractivity contribution in [3.05, 3.63) is 72.8 Å². The number of rotatable bonds is 16. The van der Waals surface area contributed by atoms with Gasteiger partial charge in [0.05, 0.1) is 30.3 Å². The van der Waals surface area contributed by atoms with Gasteiger partial charge in [0.1, 0.15) is 5.75 Å². The molecule has 0 saturated carbocycles. The van der Waals surface area contributed by atoms with Crippen molar-refractivity contribution in [2.45, 2.75) is 58.3 Å². The van der Waals surface area contributed by atoms with Crippen molar-refractivity contribution >= 4 is 33.8 Å². The van der Waals surface area contributed by atoms with Gasteiger partial charge in [-0.3, -0.25) is 0 Å². The maximum atomic E-state index is 11.3. The Hall–Kier alpha value is -3.87. The van der Waals surface area contributed by atoms with Gasteiger partial charge in [0, 0.05) is 23.4 Å². The first-order valence-corrected chi connectivity index (χ1v) is 13.4. The van der Waals surface area contributed by atoms with Crippen LogP contribution in [0.5, 0.6) is 5.75 Å². The summed E-state index contributed by atoms with van der Waals surface area (Å²) in [6.45, 7) is 6.45. The van der Waals surface area contributed by atoms with E-state index in [9.17, 15) is 4.79 Å². The zero-order chi connectivity index (χ0) is 27.0. The van der Waals surface area contributed by atoms with Gasteiger partial charge in [-0.1, -0.05) is 69.4 Å². The molecule has 0 aromatic heterocycles. The average Bonchev–Trinajstić information content (AvgIpc) is 2.93. The number of azo groups is 2. The molecule has 0 aliphatic rings. The number of hydrogen-bond donors (Lipinski definition) is 0. The van der Waals surface area contributed by atoms with E-state index in [0.717, 1.165) is 59.3 Å². The Morgan fingerprint density at radius 1 is 0.711 bits per heavy atom. The summed E-state index contributed by atoms with van der Waals surface area (Å²) in [7, 11) is 1.66. The molecule has 0 fully saturated rings. The number of esters is 1. The zero-order valence-corrected chi connectivity index (χ0v) is 22.6. The van der Waals surface area contributed by atoms with Gasteiger partial charge in [0.2, 0.25) is 0 Å². The highest BCUT2D eigenvalue weighted by Crippen LogP contribution is 2.34. The maximum absolute atomic E-state index is 11.3. The maximum Gasteiger partial charge on any atom is 0.333 e. The van der Waals surface area contributed by atoms with E-state index < -0.39 is 0 Å². The van der Waals surface area contributed by atoms with Crippen LogP contribution < -0.4 is 4.74 Å². The number of carbonyl (C=O) groups is 1. The van der Waals surface area contributed by atoms with Gasteiger partial charge in [-0.25, -0.2) is 4.79 Å². The van der Waals surface area contributed by atoms with Crippen LogP contribution in [0.3, 0.4) is 0 Å². The minimum atomic E-state index is -0.291. The Kier molecular flexibility index (Phi) is 12.1. The molecular formula is C31H38N4O3. The minimum Gasteiger partial charge on any atom is -0.494 e. The van der Waals surface area contributed by atoms with Crippen LogP contribution in [-0.2, 0) is 9.53 Å². The first-order valence-electron chi connectivity index (χ1n) is 13.4. The van der Waals surface area contributed by atoms with Crippen LogP contribution in [0.4, 0.5) is 17.1 Å². The first-order chi connectivity index (χ1) is 18.6. The van der Waals surface area contributed by atoms with Crippen molar-refractivity contribution in [3.63, 3.8) is 0 Å². The number of hydrogen-bond acceptors (Lipinski definition) is 7. The van der Waals surface area contributed by atoms with Gasteiger partial charge in [0.25, 0.3) is 0 Å². The Morgan fingerprint density at radius 2 is 1.26 bits per heavy atom. The molecule has 0 bridgehead atoms. The molecule has 38 heavy (non-hydrogen) atoms. The van der Waals surface area contributed by atoms with Crippen LogP contribution in [0.1, 0.15) is 58.3 Å². The Labute approximate surface area is 225 Å². The van der Waals surface area contributed by atoms with E-state index >= 15 is 0 Å². The number of carbonyl (C=O) groups excluding carboxylic acids is 1. The highest BCUT2D eigenvalue weighted by atomic mass is 16.5. The molecular weight excluding hydrogens is 476 g/mol. The van der Waals surface area contributed by atoms with Gasteiger partial charge in [-0.05, 0) is 56.2 Å². The van der Waals surface area contributed by atoms with Crippen LogP contribution in [-0.4, -0.2) is 26.2 Å². The second kappa shape index (κ2) is 16.1. The minimum absolute atomic E-state index is 0.291. The summed E-state index contributed by atoms with van der Waals surface area (Å²) in [4.78, 5) is 11.3. The number of ether oxygens (including phenoxy) is 2. The first kappa shape index (κ1) is 28.7. The molecule has 0 N–H and O–H groups in total. The predicted molar refractivity (Wildman–Crippen MR) is 153 cm³/mol. The molecule has 0 aliphatic heterocycles. The molecule has 200 valence electrons. The van der Waals surface area contributed by atoms with Gasteiger partial charge < -0.3 is 9.47 Å². The highest BCUT2D eigenvalue weighted by molar-refractivity contribution is 5.99. The number of nitrogens with zero attached hydrogens (tertiary/aromatic N) is 4. The normalized spacial score (nSPS) is 11.4. The fourth-order valence-corrected chi connectivity index (χ4v) is 4.01. The lowest BCUT2D eigenvalue weighted by Crippen LogP contribution is -2.05. The standard InChI is InChI=1S/C31H38N4O3/c1-24(2)31(36)38-23-13-9-7-5-4-6-8-12-22-37-26-18-16-25(17-19-26)33-35-30-21-20-29(34-32-3)27-14-10-11-15-28(27)30/h10-11,14-21H,1,4-9,12-13,22-23H2,2-3H3/b34-32+,35-33+. The fraction of sp³-hybridized carbons (Fsp3) is 0.387. The Balaban J connectivity index is 1.31. The van der Waals surface area contributed by atoms with Crippen LogP contribution in [0.15, 0.2) is 93.3 Å². The number of fused-ring (bicyclic) bond motifs is 1. The molecule has 0 saturated heterocycles. The second-order valence-corrected chi connectivity index (χ2v) is 9.24. The SMILES string of the molecule is C=C(C)C(=O)OCCCCCCCCCCOc1ccc(/N=N/c2ccc(/N=N/C)c3ccccc23)cc1. The van der Waals surface area contributed by atoms with Crippen LogP contribution in [0.25, 0.3) is 10.8 Å². The van der Waals surface area contributed by atoms with Gasteiger partial charge in [-0.15, -0.1) is 5.11 Å². The second-order valence-electron chi connectivity index (χ2n) is 9.24. The van der Waals surface area contributed by atoms with Gasteiger partial charge in [0.15, 0.2) is 0 Å². The van der Waals surface area contributed by atoms with E-state index in [1.807, 2.05) is 60.7 Å². The molecule has 0 atom stereocenters. The summed E-state index contributed by atoms with van der Waals surface area (Å²) >= 11 is 0. The third kappa shape index (κ3) is 9.54. The summed E-state index contributed by atoms with van der Waals surface area (Å²) in [5.41, 5.74) is 2.84. The largest absolute Gasteiger partial charge is 0.494 e. The van der Waals surface area contributed by atoms with Crippen molar-refractivity contribution in [1.29, 1.82) is 0 Å². The highest BCUT2D eigenvalue weighted by Gasteiger charge is 2.05. The molecule has 0 amide bonds. The lowest BCUT2D eigenvalue weighted by molar-refractivity contribution is -0.139. The molecule has 3 aromatic rings. The third-order valence-electron chi connectivity index (χ3n) is 6.08.